The lowest BCUT2D eigenvalue weighted by molar-refractivity contribution is 0.0349. The molecule has 0 fully saturated rings. The van der Waals surface area contributed by atoms with Gasteiger partial charge in [0.25, 0.3) is 0 Å². The Bertz CT molecular complexity index is 334. The van der Waals surface area contributed by atoms with Gasteiger partial charge in [0.05, 0.1) is 0 Å². The van der Waals surface area contributed by atoms with Crippen LogP contribution >= 0.6 is 11.6 Å². The molecule has 0 aliphatic rings. The predicted octanol–water partition coefficient (Wildman–Crippen LogP) is 2.20. The number of aryl methyl sites for hydroxylation is 1. The summed E-state index contributed by atoms with van der Waals surface area (Å²) in [6.45, 7) is 5.39. The second kappa shape index (κ2) is 3.89. The molecule has 0 radical (unpaired) electrons. The smallest absolute Gasteiger partial charge is 0.102 e. The number of hydrogen-bond donors (Lipinski definition) is 2. The highest BCUT2D eigenvalue weighted by Crippen LogP contribution is 2.27. The zero-order valence-electron chi connectivity index (χ0n) is 8.71. The highest BCUT2D eigenvalue weighted by Gasteiger charge is 2.27. The predicted molar refractivity (Wildman–Crippen MR) is 59.4 cm³/mol. The van der Waals surface area contributed by atoms with Gasteiger partial charge in [-0.15, -0.1) is 0 Å². The summed E-state index contributed by atoms with van der Waals surface area (Å²) in [7, 11) is 0. The standard InChI is InChI=1S/C11H16ClNO/c1-7-4-5-9(6-10(7)12)11(3,14)8(2)13/h4-6,8,14H,13H2,1-3H3. The van der Waals surface area contributed by atoms with Gasteiger partial charge < -0.3 is 10.8 Å². The van der Waals surface area contributed by atoms with Crippen LogP contribution in [0.25, 0.3) is 0 Å². The summed E-state index contributed by atoms with van der Waals surface area (Å²) >= 11 is 5.97. The van der Waals surface area contributed by atoms with E-state index in [2.05, 4.69) is 0 Å². The molecule has 0 bridgehead atoms. The lowest BCUT2D eigenvalue weighted by Gasteiger charge is -2.28. The molecule has 2 unspecified atom stereocenters. The molecule has 0 heterocycles. The fourth-order valence-electron chi connectivity index (χ4n) is 1.17. The van der Waals surface area contributed by atoms with Gasteiger partial charge in [0.2, 0.25) is 0 Å². The van der Waals surface area contributed by atoms with Gasteiger partial charge in [0.1, 0.15) is 5.60 Å². The van der Waals surface area contributed by atoms with E-state index in [1.807, 2.05) is 19.1 Å². The van der Waals surface area contributed by atoms with Crippen molar-refractivity contribution < 1.29 is 5.11 Å². The largest absolute Gasteiger partial charge is 0.384 e. The van der Waals surface area contributed by atoms with Gasteiger partial charge in [0.15, 0.2) is 0 Å². The number of nitrogens with two attached hydrogens (primary N) is 1. The molecule has 3 N–H and O–H groups in total. The van der Waals surface area contributed by atoms with E-state index in [9.17, 15) is 5.11 Å². The summed E-state index contributed by atoms with van der Waals surface area (Å²) in [5.74, 6) is 0. The minimum Gasteiger partial charge on any atom is -0.384 e. The van der Waals surface area contributed by atoms with Crippen molar-refractivity contribution in [2.24, 2.45) is 5.73 Å². The van der Waals surface area contributed by atoms with Gasteiger partial charge in [-0.3, -0.25) is 0 Å². The van der Waals surface area contributed by atoms with Crippen molar-refractivity contribution in [3.8, 4) is 0 Å². The number of aliphatic hydroxyl groups is 1. The zero-order valence-corrected chi connectivity index (χ0v) is 9.47. The van der Waals surface area contributed by atoms with E-state index in [0.717, 1.165) is 11.1 Å². The molecule has 0 saturated heterocycles. The van der Waals surface area contributed by atoms with Crippen LogP contribution < -0.4 is 5.73 Å². The maximum absolute atomic E-state index is 10.1. The summed E-state index contributed by atoms with van der Waals surface area (Å²) in [4.78, 5) is 0. The summed E-state index contributed by atoms with van der Waals surface area (Å²) < 4.78 is 0. The third kappa shape index (κ3) is 2.08. The van der Waals surface area contributed by atoms with Gasteiger partial charge >= 0.3 is 0 Å². The molecule has 0 amide bonds. The Kier molecular flexibility index (Phi) is 3.20. The normalized spacial score (nSPS) is 17.6. The second-order valence-electron chi connectivity index (χ2n) is 3.90. The van der Waals surface area contributed by atoms with E-state index in [0.29, 0.717) is 5.02 Å². The highest BCUT2D eigenvalue weighted by atomic mass is 35.5. The van der Waals surface area contributed by atoms with Crippen molar-refractivity contribution >= 4 is 11.6 Å². The van der Waals surface area contributed by atoms with Crippen molar-refractivity contribution in [3.05, 3.63) is 34.3 Å². The van der Waals surface area contributed by atoms with Crippen LogP contribution in [0.2, 0.25) is 5.02 Å². The third-order valence-corrected chi connectivity index (χ3v) is 3.05. The van der Waals surface area contributed by atoms with Crippen LogP contribution in [0, 0.1) is 6.92 Å². The Labute approximate surface area is 89.7 Å². The van der Waals surface area contributed by atoms with Gasteiger partial charge in [-0.2, -0.15) is 0 Å². The van der Waals surface area contributed by atoms with Crippen LogP contribution in [0.5, 0.6) is 0 Å². The molecule has 0 aromatic heterocycles. The van der Waals surface area contributed by atoms with Crippen molar-refractivity contribution in [2.45, 2.75) is 32.4 Å². The zero-order chi connectivity index (χ0) is 10.9. The average Bonchev–Trinajstić information content (AvgIpc) is 2.09. The summed E-state index contributed by atoms with van der Waals surface area (Å²) in [5.41, 5.74) is 6.42. The van der Waals surface area contributed by atoms with Crippen molar-refractivity contribution in [2.75, 3.05) is 0 Å². The van der Waals surface area contributed by atoms with E-state index in [1.54, 1.807) is 19.9 Å². The summed E-state index contributed by atoms with van der Waals surface area (Å²) in [6.07, 6.45) is 0. The SMILES string of the molecule is Cc1ccc(C(C)(O)C(C)N)cc1Cl. The Hall–Kier alpha value is -0.570. The minimum absolute atomic E-state index is 0.332. The van der Waals surface area contributed by atoms with Crippen LogP contribution in [0.4, 0.5) is 0 Å². The van der Waals surface area contributed by atoms with Gasteiger partial charge in [0, 0.05) is 11.1 Å². The van der Waals surface area contributed by atoms with Crippen LogP contribution in [-0.4, -0.2) is 11.1 Å². The second-order valence-corrected chi connectivity index (χ2v) is 4.31. The Morgan fingerprint density at radius 1 is 1.50 bits per heavy atom. The van der Waals surface area contributed by atoms with Gasteiger partial charge in [-0.25, -0.2) is 0 Å². The fraction of sp³-hybridized carbons (Fsp3) is 0.455. The van der Waals surface area contributed by atoms with Crippen LogP contribution in [0.1, 0.15) is 25.0 Å². The maximum atomic E-state index is 10.1. The Morgan fingerprint density at radius 3 is 2.50 bits per heavy atom. The number of halogens is 1. The van der Waals surface area contributed by atoms with Gasteiger partial charge in [-0.1, -0.05) is 23.7 Å². The first kappa shape index (κ1) is 11.5. The first-order valence-corrected chi connectivity index (χ1v) is 4.98. The molecule has 14 heavy (non-hydrogen) atoms. The molecule has 2 nitrogen and oxygen atoms in total. The molecule has 78 valence electrons. The molecule has 0 spiro atoms. The molecule has 0 aliphatic carbocycles. The van der Waals surface area contributed by atoms with Crippen LogP contribution in [-0.2, 0) is 5.60 Å². The molecular formula is C11H16ClNO. The fourth-order valence-corrected chi connectivity index (χ4v) is 1.35. The van der Waals surface area contributed by atoms with Crippen LogP contribution in [0.15, 0.2) is 18.2 Å². The number of hydrogen-bond acceptors (Lipinski definition) is 2. The third-order valence-electron chi connectivity index (χ3n) is 2.64. The van der Waals surface area contributed by atoms with E-state index >= 15 is 0 Å². The number of rotatable bonds is 2. The lowest BCUT2D eigenvalue weighted by Crippen LogP contribution is -2.40. The first-order valence-electron chi connectivity index (χ1n) is 4.60. The molecule has 1 aromatic rings. The van der Waals surface area contributed by atoms with E-state index in [4.69, 9.17) is 17.3 Å². The topological polar surface area (TPSA) is 46.2 Å². The van der Waals surface area contributed by atoms with Crippen LogP contribution in [0.3, 0.4) is 0 Å². The Morgan fingerprint density at radius 2 is 2.07 bits per heavy atom. The van der Waals surface area contributed by atoms with Gasteiger partial charge in [-0.05, 0) is 38.0 Å². The highest BCUT2D eigenvalue weighted by molar-refractivity contribution is 6.31. The average molecular weight is 214 g/mol. The monoisotopic (exact) mass is 213 g/mol. The maximum Gasteiger partial charge on any atom is 0.102 e. The molecule has 3 heteroatoms. The molecule has 1 aromatic carbocycles. The summed E-state index contributed by atoms with van der Waals surface area (Å²) in [6, 6.07) is 5.17. The summed E-state index contributed by atoms with van der Waals surface area (Å²) in [5, 5.41) is 10.8. The lowest BCUT2D eigenvalue weighted by atomic mass is 9.89. The Balaban J connectivity index is 3.14. The van der Waals surface area contributed by atoms with E-state index in [1.165, 1.54) is 0 Å². The van der Waals surface area contributed by atoms with Crippen molar-refractivity contribution in [3.63, 3.8) is 0 Å². The molecule has 0 aliphatic heterocycles. The number of benzene rings is 1. The molecular weight excluding hydrogens is 198 g/mol. The molecule has 1 rings (SSSR count). The minimum atomic E-state index is -1.03. The van der Waals surface area contributed by atoms with E-state index in [-0.39, 0.29) is 6.04 Å². The molecule has 0 saturated carbocycles. The quantitative estimate of drug-likeness (QED) is 0.791. The first-order chi connectivity index (χ1) is 6.35. The van der Waals surface area contributed by atoms with E-state index < -0.39 is 5.60 Å². The van der Waals surface area contributed by atoms with Crippen molar-refractivity contribution in [1.82, 2.24) is 0 Å². The van der Waals surface area contributed by atoms with Crippen molar-refractivity contribution in [1.29, 1.82) is 0 Å². The molecule has 2 atom stereocenters.